The Balaban J connectivity index is 5.25. The molecule has 0 aliphatic carbocycles. The Morgan fingerprint density at radius 3 is 0.745 bits per heavy atom. The molecule has 0 spiro atoms. The Morgan fingerprint density at radius 2 is 0.500 bits per heavy atom. The van der Waals surface area contributed by atoms with Gasteiger partial charge in [0, 0.05) is 25.7 Å². The molecular weight excluding hydrogens is 1330 g/mol. The lowest BCUT2D eigenvalue weighted by atomic mass is 9.99. The van der Waals surface area contributed by atoms with Crippen molar-refractivity contribution in [3.8, 4) is 0 Å². The summed E-state index contributed by atoms with van der Waals surface area (Å²) in [4.78, 5) is 73.1. The normalized spacial score (nSPS) is 14.1. The first-order valence-corrected chi connectivity index (χ1v) is 46.0. The highest BCUT2D eigenvalue weighted by atomic mass is 31.2. The fourth-order valence-corrected chi connectivity index (χ4v) is 14.4. The summed E-state index contributed by atoms with van der Waals surface area (Å²) in [5.74, 6) is -0.520. The van der Waals surface area contributed by atoms with Crippen molar-refractivity contribution in [2.45, 2.75) is 458 Å². The van der Waals surface area contributed by atoms with E-state index in [-0.39, 0.29) is 25.7 Å². The molecule has 19 heteroatoms. The summed E-state index contributed by atoms with van der Waals surface area (Å²) < 4.78 is 68.8. The molecule has 0 bridgehead atoms. The maximum atomic E-state index is 13.1. The number of aliphatic hydroxyl groups excluding tert-OH is 1. The highest BCUT2D eigenvalue weighted by molar-refractivity contribution is 7.47. The lowest BCUT2D eigenvalue weighted by Crippen LogP contribution is -2.30. The molecule has 0 saturated heterocycles. The van der Waals surface area contributed by atoms with E-state index >= 15 is 0 Å². The van der Waals surface area contributed by atoms with Crippen LogP contribution >= 0.6 is 15.6 Å². The first-order chi connectivity index (χ1) is 49.4. The first-order valence-electron chi connectivity index (χ1n) is 43.0. The average Bonchev–Trinajstić information content (AvgIpc) is 0.909. The molecule has 0 radical (unpaired) electrons. The van der Waals surface area contributed by atoms with Gasteiger partial charge < -0.3 is 33.8 Å². The monoisotopic (exact) mass is 1490 g/mol. The number of unbranched alkanes of at least 4 members (excludes halogenated alkanes) is 51. The van der Waals surface area contributed by atoms with Gasteiger partial charge in [-0.25, -0.2) is 9.13 Å². The second-order valence-electron chi connectivity index (χ2n) is 30.6. The molecule has 3 unspecified atom stereocenters. The molecule has 6 atom stereocenters. The van der Waals surface area contributed by atoms with Gasteiger partial charge in [0.05, 0.1) is 26.4 Å². The van der Waals surface area contributed by atoms with E-state index in [2.05, 4.69) is 41.5 Å². The molecule has 0 aromatic rings. The van der Waals surface area contributed by atoms with Crippen molar-refractivity contribution in [3.05, 3.63) is 0 Å². The van der Waals surface area contributed by atoms with Crippen LogP contribution in [0.25, 0.3) is 0 Å². The second-order valence-corrected chi connectivity index (χ2v) is 33.5. The molecule has 102 heavy (non-hydrogen) atoms. The molecule has 0 aliphatic rings. The molecule has 0 amide bonds. The molecular formula is C83H162O17P2. The van der Waals surface area contributed by atoms with Crippen LogP contribution < -0.4 is 0 Å². The molecule has 0 rings (SSSR count). The number of carbonyl (C=O) groups is 4. The second kappa shape index (κ2) is 74.5. The number of aliphatic hydroxyl groups is 1. The zero-order chi connectivity index (χ0) is 74.9. The van der Waals surface area contributed by atoms with E-state index in [1.165, 1.54) is 257 Å². The Morgan fingerprint density at radius 1 is 0.284 bits per heavy atom. The quantitative estimate of drug-likeness (QED) is 0.0222. The van der Waals surface area contributed by atoms with E-state index in [4.69, 9.17) is 37.0 Å². The van der Waals surface area contributed by atoms with Gasteiger partial charge in [-0.15, -0.1) is 0 Å². The summed E-state index contributed by atoms with van der Waals surface area (Å²) >= 11 is 0. The lowest BCUT2D eigenvalue weighted by molar-refractivity contribution is -0.161. The lowest BCUT2D eigenvalue weighted by Gasteiger charge is -2.21. The summed E-state index contributed by atoms with van der Waals surface area (Å²) in [6, 6.07) is 0. The summed E-state index contributed by atoms with van der Waals surface area (Å²) in [6.07, 6.45) is 65.1. The topological polar surface area (TPSA) is 237 Å². The average molecular weight is 1490 g/mol. The summed E-state index contributed by atoms with van der Waals surface area (Å²) in [5, 5.41) is 10.7. The van der Waals surface area contributed by atoms with Gasteiger partial charge in [-0.2, -0.15) is 0 Å². The van der Waals surface area contributed by atoms with Gasteiger partial charge in [0.15, 0.2) is 12.2 Å². The maximum Gasteiger partial charge on any atom is 0.472 e. The number of phosphoric ester groups is 2. The van der Waals surface area contributed by atoms with Gasteiger partial charge in [0.2, 0.25) is 0 Å². The molecule has 0 aromatic heterocycles. The number of ether oxygens (including phenoxy) is 4. The van der Waals surface area contributed by atoms with E-state index in [0.29, 0.717) is 25.7 Å². The van der Waals surface area contributed by atoms with Crippen molar-refractivity contribution in [2.75, 3.05) is 39.6 Å². The molecule has 17 nitrogen and oxygen atoms in total. The molecule has 0 heterocycles. The van der Waals surface area contributed by atoms with Gasteiger partial charge >= 0.3 is 39.5 Å². The zero-order valence-corrected chi connectivity index (χ0v) is 68.7. The number of phosphoric acid groups is 2. The number of hydrogen-bond acceptors (Lipinski definition) is 15. The summed E-state index contributed by atoms with van der Waals surface area (Å²) in [7, 11) is -9.92. The van der Waals surface area contributed by atoms with E-state index in [9.17, 15) is 43.2 Å². The molecule has 606 valence electrons. The van der Waals surface area contributed by atoms with Gasteiger partial charge in [0.25, 0.3) is 0 Å². The van der Waals surface area contributed by atoms with Crippen LogP contribution in [0.1, 0.15) is 440 Å². The zero-order valence-electron chi connectivity index (χ0n) is 66.9. The van der Waals surface area contributed by atoms with E-state index in [1.54, 1.807) is 0 Å². The van der Waals surface area contributed by atoms with Gasteiger partial charge in [0.1, 0.15) is 19.3 Å². The highest BCUT2D eigenvalue weighted by Crippen LogP contribution is 2.45. The van der Waals surface area contributed by atoms with Crippen LogP contribution in [-0.4, -0.2) is 96.7 Å². The minimum atomic E-state index is -4.96. The highest BCUT2D eigenvalue weighted by Gasteiger charge is 2.30. The van der Waals surface area contributed by atoms with Crippen LogP contribution in [0.3, 0.4) is 0 Å². The first kappa shape index (κ1) is 100. The van der Waals surface area contributed by atoms with E-state index < -0.39 is 97.5 Å². The predicted molar refractivity (Wildman–Crippen MR) is 418 cm³/mol. The maximum absolute atomic E-state index is 13.1. The number of rotatable bonds is 82. The van der Waals surface area contributed by atoms with Crippen LogP contribution in [0.15, 0.2) is 0 Å². The van der Waals surface area contributed by atoms with Crippen LogP contribution in [-0.2, 0) is 65.4 Å². The van der Waals surface area contributed by atoms with Crippen molar-refractivity contribution in [1.29, 1.82) is 0 Å². The SMILES string of the molecule is CCCCCCCCCCCCCCCCCCCCCC(=O)O[C@H](COC(=O)CCCCCCCCCCCCCCCCCC(C)C)COP(=O)(O)OC[C@@H](O)COP(=O)(O)OC[C@@H](COC(=O)CCCCCCCCCCC(C)CC)OC(=O)CCCCCCCCCCCCCCC. The fourth-order valence-electron chi connectivity index (χ4n) is 12.9. The molecule has 0 fully saturated rings. The Kier molecular flexibility index (Phi) is 73.1. The summed E-state index contributed by atoms with van der Waals surface area (Å²) in [6.45, 7) is 9.68. The predicted octanol–water partition coefficient (Wildman–Crippen LogP) is 25.1. The summed E-state index contributed by atoms with van der Waals surface area (Å²) in [5.41, 5.74) is 0. The molecule has 0 aromatic carbocycles. The Bertz CT molecular complexity index is 1960. The Labute approximate surface area is 626 Å². The third-order valence-corrected chi connectivity index (χ3v) is 21.7. The standard InChI is InChI=1S/C83H162O17P2/c1-7-10-12-14-16-18-20-22-23-24-25-26-29-34-38-42-50-56-62-68-83(88)99-78(71-93-80(85)65-59-53-47-40-36-33-30-27-28-32-35-39-45-51-57-63-75(4)5)73-97-101(89,90)95-69-77(84)70-96-102(91,92)98-74-79(72-94-81(86)66-60-54-48-44-43-46-52-58-64-76(6)9-3)100-82(87)67-61-55-49-41-37-31-21-19-17-15-13-11-8-2/h75-79,84H,7-74H2,1-6H3,(H,89,90)(H,91,92)/t76?,77-,78-,79-/m1/s1. The van der Waals surface area contributed by atoms with Gasteiger partial charge in [-0.3, -0.25) is 37.3 Å². The van der Waals surface area contributed by atoms with Gasteiger partial charge in [-0.05, 0) is 37.5 Å². The number of carbonyl (C=O) groups excluding carboxylic acids is 4. The minimum Gasteiger partial charge on any atom is -0.462 e. The Hall–Kier alpha value is -1.94. The number of hydrogen-bond donors (Lipinski definition) is 3. The van der Waals surface area contributed by atoms with Crippen molar-refractivity contribution in [3.63, 3.8) is 0 Å². The van der Waals surface area contributed by atoms with E-state index in [0.717, 1.165) is 102 Å². The van der Waals surface area contributed by atoms with E-state index in [1.807, 2.05) is 0 Å². The van der Waals surface area contributed by atoms with Crippen molar-refractivity contribution in [1.82, 2.24) is 0 Å². The minimum absolute atomic E-state index is 0.107. The van der Waals surface area contributed by atoms with Crippen molar-refractivity contribution >= 4 is 39.5 Å². The van der Waals surface area contributed by atoms with Gasteiger partial charge in [-0.1, -0.05) is 388 Å². The number of esters is 4. The van der Waals surface area contributed by atoms with Crippen LogP contribution in [0, 0.1) is 11.8 Å². The van der Waals surface area contributed by atoms with Crippen LogP contribution in [0.2, 0.25) is 0 Å². The fraction of sp³-hybridized carbons (Fsp3) is 0.952. The van der Waals surface area contributed by atoms with Crippen LogP contribution in [0.5, 0.6) is 0 Å². The molecule has 0 saturated carbocycles. The van der Waals surface area contributed by atoms with Crippen LogP contribution in [0.4, 0.5) is 0 Å². The molecule has 0 aliphatic heterocycles. The molecule has 3 N–H and O–H groups in total. The van der Waals surface area contributed by atoms with Crippen molar-refractivity contribution < 1.29 is 80.2 Å². The van der Waals surface area contributed by atoms with Crippen molar-refractivity contribution in [2.24, 2.45) is 11.8 Å². The largest absolute Gasteiger partial charge is 0.472 e. The smallest absolute Gasteiger partial charge is 0.462 e. The third-order valence-electron chi connectivity index (χ3n) is 19.8. The third kappa shape index (κ3) is 74.9.